The van der Waals surface area contributed by atoms with Gasteiger partial charge in [0.05, 0.1) is 7.11 Å². The Bertz CT molecular complexity index is 355. The molecule has 1 saturated carbocycles. The Hall–Kier alpha value is -1.25. The highest BCUT2D eigenvalue weighted by molar-refractivity contribution is 5.60. The van der Waals surface area contributed by atoms with E-state index >= 15 is 0 Å². The molecular weight excluding hydrogens is 228 g/mol. The molecule has 3 heteroatoms. The van der Waals surface area contributed by atoms with Gasteiger partial charge in [-0.2, -0.15) is 0 Å². The Kier molecular flexibility index (Phi) is 4.60. The van der Waals surface area contributed by atoms with Crippen LogP contribution in [0.4, 0.5) is 4.79 Å². The van der Waals surface area contributed by atoms with Crippen molar-refractivity contribution in [2.45, 2.75) is 46.1 Å². The molecule has 0 spiro atoms. The standard InChI is InChI=1S/C15H24O3/c1-10(2)13(18-14(16)17-6)12-11(3)8-7-9-15(12,4)5/h12-13H,1,3,7-9H2,2,4-6H3/t12-,13?/m0/s1. The van der Waals surface area contributed by atoms with Crippen LogP contribution in [0.3, 0.4) is 0 Å². The van der Waals surface area contributed by atoms with Gasteiger partial charge < -0.3 is 9.47 Å². The molecule has 0 radical (unpaired) electrons. The van der Waals surface area contributed by atoms with E-state index in [4.69, 9.17) is 4.74 Å². The van der Waals surface area contributed by atoms with Gasteiger partial charge in [-0.15, -0.1) is 0 Å². The maximum Gasteiger partial charge on any atom is 0.508 e. The van der Waals surface area contributed by atoms with Gasteiger partial charge in [0.25, 0.3) is 0 Å². The first-order chi connectivity index (χ1) is 8.29. The molecule has 102 valence electrons. The number of hydrogen-bond donors (Lipinski definition) is 0. The number of carbonyl (C=O) groups is 1. The second-order valence-corrected chi connectivity index (χ2v) is 5.82. The van der Waals surface area contributed by atoms with E-state index in [0.717, 1.165) is 30.4 Å². The molecule has 0 amide bonds. The largest absolute Gasteiger partial charge is 0.508 e. The van der Waals surface area contributed by atoms with Crippen molar-refractivity contribution in [1.82, 2.24) is 0 Å². The average Bonchev–Trinajstić information content (AvgIpc) is 2.25. The van der Waals surface area contributed by atoms with Crippen LogP contribution < -0.4 is 0 Å². The minimum absolute atomic E-state index is 0.0625. The van der Waals surface area contributed by atoms with Crippen molar-refractivity contribution in [2.75, 3.05) is 7.11 Å². The van der Waals surface area contributed by atoms with E-state index in [1.807, 2.05) is 6.92 Å². The summed E-state index contributed by atoms with van der Waals surface area (Å²) in [6.07, 6.45) is 2.23. The first-order valence-corrected chi connectivity index (χ1v) is 6.37. The zero-order valence-corrected chi connectivity index (χ0v) is 11.9. The van der Waals surface area contributed by atoms with Gasteiger partial charge in [-0.25, -0.2) is 4.79 Å². The van der Waals surface area contributed by atoms with Crippen molar-refractivity contribution in [3.63, 3.8) is 0 Å². The molecule has 3 nitrogen and oxygen atoms in total. The van der Waals surface area contributed by atoms with Crippen LogP contribution in [0.5, 0.6) is 0 Å². The van der Waals surface area contributed by atoms with E-state index in [1.54, 1.807) is 0 Å². The van der Waals surface area contributed by atoms with E-state index in [-0.39, 0.29) is 17.4 Å². The number of methoxy groups -OCH3 is 1. The van der Waals surface area contributed by atoms with Crippen molar-refractivity contribution in [2.24, 2.45) is 11.3 Å². The fraction of sp³-hybridized carbons (Fsp3) is 0.667. The average molecular weight is 252 g/mol. The Morgan fingerprint density at radius 2 is 2.11 bits per heavy atom. The van der Waals surface area contributed by atoms with Crippen LogP contribution in [0.15, 0.2) is 24.3 Å². The van der Waals surface area contributed by atoms with Gasteiger partial charge in [0.2, 0.25) is 0 Å². The molecule has 0 N–H and O–H groups in total. The predicted octanol–water partition coefficient (Wildman–Crippen LogP) is 4.10. The van der Waals surface area contributed by atoms with Crippen LogP contribution in [0, 0.1) is 11.3 Å². The molecule has 1 aliphatic rings. The van der Waals surface area contributed by atoms with E-state index in [2.05, 4.69) is 31.7 Å². The fourth-order valence-corrected chi connectivity index (χ4v) is 2.86. The lowest BCUT2D eigenvalue weighted by molar-refractivity contribution is 0.00184. The second kappa shape index (κ2) is 5.59. The Balaban J connectivity index is 2.98. The lowest BCUT2D eigenvalue weighted by Crippen LogP contribution is -2.41. The number of hydrogen-bond acceptors (Lipinski definition) is 3. The first-order valence-electron chi connectivity index (χ1n) is 6.37. The Morgan fingerprint density at radius 1 is 1.50 bits per heavy atom. The number of ether oxygens (including phenoxy) is 2. The third-order valence-electron chi connectivity index (χ3n) is 3.78. The lowest BCUT2D eigenvalue weighted by atomic mass is 9.63. The smallest absolute Gasteiger partial charge is 0.438 e. The predicted molar refractivity (Wildman–Crippen MR) is 72.4 cm³/mol. The highest BCUT2D eigenvalue weighted by atomic mass is 16.7. The monoisotopic (exact) mass is 252 g/mol. The Labute approximate surface area is 110 Å². The summed E-state index contributed by atoms with van der Waals surface area (Å²) in [5.74, 6) is 0.114. The van der Waals surface area contributed by atoms with Crippen LogP contribution in [-0.4, -0.2) is 19.4 Å². The van der Waals surface area contributed by atoms with E-state index in [1.165, 1.54) is 7.11 Å². The summed E-state index contributed by atoms with van der Waals surface area (Å²) in [6.45, 7) is 14.4. The van der Waals surface area contributed by atoms with Crippen molar-refractivity contribution in [3.05, 3.63) is 24.3 Å². The summed E-state index contributed by atoms with van der Waals surface area (Å²) in [5, 5.41) is 0. The Morgan fingerprint density at radius 3 is 2.56 bits per heavy atom. The molecular formula is C15H24O3. The lowest BCUT2D eigenvalue weighted by Gasteiger charge is -2.44. The minimum Gasteiger partial charge on any atom is -0.438 e. The van der Waals surface area contributed by atoms with E-state index < -0.39 is 6.16 Å². The molecule has 0 aromatic rings. The highest BCUT2D eigenvalue weighted by Gasteiger charge is 2.42. The first kappa shape index (κ1) is 14.8. The SMILES string of the molecule is C=C(C)C(OC(=O)OC)[C@@H]1C(=C)CCCC1(C)C. The molecule has 0 aliphatic heterocycles. The maximum absolute atomic E-state index is 11.4. The zero-order valence-electron chi connectivity index (χ0n) is 11.9. The van der Waals surface area contributed by atoms with Gasteiger partial charge in [-0.05, 0) is 37.2 Å². The quantitative estimate of drug-likeness (QED) is 0.560. The summed E-state index contributed by atoms with van der Waals surface area (Å²) in [5.41, 5.74) is 2.04. The van der Waals surface area contributed by atoms with Gasteiger partial charge in [-0.3, -0.25) is 0 Å². The number of carbonyl (C=O) groups excluding carboxylic acids is 1. The van der Waals surface area contributed by atoms with Gasteiger partial charge in [-0.1, -0.05) is 32.6 Å². The van der Waals surface area contributed by atoms with Gasteiger partial charge in [0.15, 0.2) is 0 Å². The molecule has 0 saturated heterocycles. The molecule has 18 heavy (non-hydrogen) atoms. The fourth-order valence-electron chi connectivity index (χ4n) is 2.86. The second-order valence-electron chi connectivity index (χ2n) is 5.82. The molecule has 0 aromatic carbocycles. The summed E-state index contributed by atoms with van der Waals surface area (Å²) in [7, 11) is 1.32. The van der Waals surface area contributed by atoms with E-state index in [0.29, 0.717) is 0 Å². The summed E-state index contributed by atoms with van der Waals surface area (Å²) in [4.78, 5) is 11.4. The highest BCUT2D eigenvalue weighted by Crippen LogP contribution is 2.46. The molecule has 2 atom stereocenters. The zero-order chi connectivity index (χ0) is 13.9. The molecule has 1 rings (SSSR count). The van der Waals surface area contributed by atoms with Crippen molar-refractivity contribution in [1.29, 1.82) is 0 Å². The summed E-state index contributed by atoms with van der Waals surface area (Å²) < 4.78 is 9.98. The topological polar surface area (TPSA) is 35.5 Å². The molecule has 0 heterocycles. The van der Waals surface area contributed by atoms with Crippen molar-refractivity contribution < 1.29 is 14.3 Å². The van der Waals surface area contributed by atoms with Crippen molar-refractivity contribution in [3.8, 4) is 0 Å². The van der Waals surface area contributed by atoms with Crippen LogP contribution >= 0.6 is 0 Å². The normalized spacial score (nSPS) is 24.2. The summed E-state index contributed by atoms with van der Waals surface area (Å²) in [6, 6.07) is 0. The molecule has 1 aliphatic carbocycles. The third-order valence-corrected chi connectivity index (χ3v) is 3.78. The van der Waals surface area contributed by atoms with Crippen molar-refractivity contribution >= 4 is 6.16 Å². The summed E-state index contributed by atoms with van der Waals surface area (Å²) >= 11 is 0. The molecule has 0 aromatic heterocycles. The molecule has 1 unspecified atom stereocenters. The molecule has 0 bridgehead atoms. The van der Waals surface area contributed by atoms with Crippen LogP contribution in [0.25, 0.3) is 0 Å². The van der Waals surface area contributed by atoms with Gasteiger partial charge in [0, 0.05) is 5.92 Å². The van der Waals surface area contributed by atoms with Crippen LogP contribution in [0.1, 0.15) is 40.0 Å². The van der Waals surface area contributed by atoms with Gasteiger partial charge >= 0.3 is 6.16 Å². The molecule has 1 fully saturated rings. The van der Waals surface area contributed by atoms with E-state index in [9.17, 15) is 4.79 Å². The van der Waals surface area contributed by atoms with Gasteiger partial charge in [0.1, 0.15) is 6.10 Å². The van der Waals surface area contributed by atoms with Crippen LogP contribution in [-0.2, 0) is 9.47 Å². The third kappa shape index (κ3) is 3.15. The minimum atomic E-state index is -0.655. The van der Waals surface area contributed by atoms with Crippen LogP contribution in [0.2, 0.25) is 0 Å². The number of rotatable bonds is 3. The maximum atomic E-state index is 11.4.